The largest absolute Gasteiger partial charge is 0.228 e. The van der Waals surface area contributed by atoms with Gasteiger partial charge in [0.25, 0.3) is 0 Å². The van der Waals surface area contributed by atoms with Gasteiger partial charge < -0.3 is 0 Å². The summed E-state index contributed by atoms with van der Waals surface area (Å²) in [6.45, 7) is 4.34. The molecule has 3 heteroatoms. The molecular weight excluding hydrogens is 609 g/mol. The minimum absolute atomic E-state index is 0.728. The highest BCUT2D eigenvalue weighted by Crippen LogP contribution is 2.34. The van der Waals surface area contributed by atoms with Gasteiger partial charge >= 0.3 is 0 Å². The van der Waals surface area contributed by atoms with Crippen molar-refractivity contribution in [3.8, 4) is 45.0 Å². The summed E-state index contributed by atoms with van der Waals surface area (Å²) < 4.78 is 0. The lowest BCUT2D eigenvalue weighted by Crippen LogP contribution is -2.72. The van der Waals surface area contributed by atoms with Crippen molar-refractivity contribution in [1.29, 1.82) is 0 Å². The van der Waals surface area contributed by atoms with Crippen molar-refractivity contribution in [2.24, 2.45) is 0 Å². The lowest BCUT2D eigenvalue weighted by Gasteiger charge is -2.31. The molecule has 0 unspecified atom stereocenters. The number of hydrogen-bond acceptors (Lipinski definition) is 2. The maximum absolute atomic E-state index is 5.26. The number of fused-ring (bicyclic) bond motifs is 4. The number of benzene rings is 7. The summed E-state index contributed by atoms with van der Waals surface area (Å²) in [5, 5.41) is 8.08. The number of hydrogen-bond donors (Lipinski definition) is 0. The number of aromatic nitrogens is 2. The normalized spacial score (nSPS) is 12.9. The third-order valence-electron chi connectivity index (χ3n) is 10.1. The molecule has 0 saturated heterocycles. The molecule has 0 radical (unpaired) electrons. The highest BCUT2D eigenvalue weighted by Gasteiger charge is 2.48. The number of rotatable bonds is 5. The van der Waals surface area contributed by atoms with Crippen LogP contribution in [0.2, 0.25) is 0 Å². The molecule has 0 amide bonds. The van der Waals surface area contributed by atoms with Crippen LogP contribution < -0.4 is 20.7 Å². The monoisotopic (exact) mass is 642 g/mol. The molecule has 0 fully saturated rings. The first-order chi connectivity index (χ1) is 24.1. The Morgan fingerprint density at radius 1 is 0.388 bits per heavy atom. The Labute approximate surface area is 288 Å². The number of aryl methyl sites for hydroxylation is 2. The van der Waals surface area contributed by atoms with Crippen LogP contribution in [-0.2, 0) is 0 Å². The summed E-state index contributed by atoms with van der Waals surface area (Å²) in [4.78, 5) is 10.4. The van der Waals surface area contributed by atoms with Crippen LogP contribution in [0.25, 0.3) is 55.8 Å². The van der Waals surface area contributed by atoms with E-state index in [4.69, 9.17) is 9.97 Å². The van der Waals surface area contributed by atoms with Gasteiger partial charge in [-0.15, -0.1) is 0 Å². The molecule has 0 atom stereocenters. The van der Waals surface area contributed by atoms with E-state index in [1.54, 1.807) is 0 Å². The molecule has 8 aromatic rings. The summed E-state index contributed by atoms with van der Waals surface area (Å²) in [5.41, 5.74) is 10.2. The molecular formula is C46H34N2Si. The molecule has 1 aliphatic rings. The summed E-state index contributed by atoms with van der Waals surface area (Å²) in [5.74, 6) is 0.728. The molecule has 1 aliphatic heterocycles. The molecule has 7 aromatic carbocycles. The van der Waals surface area contributed by atoms with Crippen LogP contribution in [-0.4, -0.2) is 18.0 Å². The third-order valence-corrected chi connectivity index (χ3v) is 15.0. The third kappa shape index (κ3) is 4.85. The highest BCUT2D eigenvalue weighted by molar-refractivity contribution is 7.22. The average molecular weight is 643 g/mol. The van der Waals surface area contributed by atoms with Gasteiger partial charge in [0.15, 0.2) is 13.9 Å². The highest BCUT2D eigenvalue weighted by atomic mass is 28.3. The molecule has 2 nitrogen and oxygen atoms in total. The van der Waals surface area contributed by atoms with Gasteiger partial charge in [-0.05, 0) is 74.7 Å². The minimum atomic E-state index is -2.58. The predicted molar refractivity (Wildman–Crippen MR) is 208 cm³/mol. The molecule has 49 heavy (non-hydrogen) atoms. The first-order valence-corrected chi connectivity index (χ1v) is 18.9. The summed E-state index contributed by atoms with van der Waals surface area (Å²) in [7, 11) is -2.58. The van der Waals surface area contributed by atoms with E-state index in [1.807, 2.05) is 6.07 Å². The van der Waals surface area contributed by atoms with E-state index >= 15 is 0 Å². The zero-order chi connectivity index (χ0) is 33.0. The Morgan fingerprint density at radius 3 is 1.67 bits per heavy atom. The Balaban J connectivity index is 1.27. The second-order valence-corrected chi connectivity index (χ2v) is 16.9. The van der Waals surface area contributed by atoms with Crippen LogP contribution in [0.1, 0.15) is 11.1 Å². The minimum Gasteiger partial charge on any atom is -0.228 e. The molecule has 0 saturated carbocycles. The fourth-order valence-electron chi connectivity index (χ4n) is 7.65. The Morgan fingerprint density at radius 2 is 0.959 bits per heavy atom. The fraction of sp³-hybridized carbons (Fsp3) is 0.0435. The van der Waals surface area contributed by atoms with Crippen LogP contribution >= 0.6 is 0 Å². The first kappa shape index (κ1) is 29.3. The lowest BCUT2D eigenvalue weighted by molar-refractivity contribution is 1.18. The van der Waals surface area contributed by atoms with Crippen molar-refractivity contribution in [1.82, 2.24) is 9.97 Å². The van der Waals surface area contributed by atoms with Crippen molar-refractivity contribution in [2.45, 2.75) is 13.8 Å². The van der Waals surface area contributed by atoms with Gasteiger partial charge in [-0.1, -0.05) is 163 Å². The van der Waals surface area contributed by atoms with E-state index in [0.29, 0.717) is 0 Å². The van der Waals surface area contributed by atoms with Crippen LogP contribution in [0, 0.1) is 13.8 Å². The lowest BCUT2D eigenvalue weighted by atomic mass is 10.0. The topological polar surface area (TPSA) is 25.8 Å². The van der Waals surface area contributed by atoms with Crippen molar-refractivity contribution < 1.29 is 0 Å². The Hall–Kier alpha value is -5.90. The SMILES string of the molecule is Cc1ccc([Si]2(c3ccc(C)cc3)c3ccccc3-c3cc(-c4cc(-c5ccccc5)nc(-c5ccc6ccccc6c5)n4)ccc32)cc1. The van der Waals surface area contributed by atoms with Gasteiger partial charge in [-0.2, -0.15) is 0 Å². The second kappa shape index (κ2) is 11.7. The molecule has 1 aromatic heterocycles. The smallest absolute Gasteiger partial charge is 0.180 e. The zero-order valence-corrected chi connectivity index (χ0v) is 28.6. The molecule has 0 aliphatic carbocycles. The quantitative estimate of drug-likeness (QED) is 0.176. The zero-order valence-electron chi connectivity index (χ0n) is 27.6. The van der Waals surface area contributed by atoms with Crippen molar-refractivity contribution in [3.63, 3.8) is 0 Å². The van der Waals surface area contributed by atoms with E-state index in [2.05, 4.69) is 178 Å². The molecule has 0 spiro atoms. The van der Waals surface area contributed by atoms with Crippen molar-refractivity contribution in [3.05, 3.63) is 181 Å². The molecule has 9 rings (SSSR count). The van der Waals surface area contributed by atoms with Gasteiger partial charge in [0, 0.05) is 16.7 Å². The van der Waals surface area contributed by atoms with Gasteiger partial charge in [-0.3, -0.25) is 0 Å². The van der Waals surface area contributed by atoms with Crippen LogP contribution in [0.3, 0.4) is 0 Å². The van der Waals surface area contributed by atoms with Crippen LogP contribution in [0.4, 0.5) is 0 Å². The maximum atomic E-state index is 5.26. The van der Waals surface area contributed by atoms with Gasteiger partial charge in [0.1, 0.15) is 0 Å². The van der Waals surface area contributed by atoms with Crippen LogP contribution in [0.15, 0.2) is 170 Å². The summed E-state index contributed by atoms with van der Waals surface area (Å²) in [6.07, 6.45) is 0. The van der Waals surface area contributed by atoms with Gasteiger partial charge in [-0.25, -0.2) is 9.97 Å². The van der Waals surface area contributed by atoms with Gasteiger partial charge in [0.05, 0.1) is 11.4 Å². The number of nitrogens with zero attached hydrogens (tertiary/aromatic N) is 2. The fourth-order valence-corrected chi connectivity index (χ4v) is 12.8. The first-order valence-electron chi connectivity index (χ1n) is 16.9. The molecule has 2 heterocycles. The van der Waals surface area contributed by atoms with E-state index in [1.165, 1.54) is 53.8 Å². The van der Waals surface area contributed by atoms with Crippen molar-refractivity contribution in [2.75, 3.05) is 0 Å². The average Bonchev–Trinajstić information content (AvgIpc) is 3.46. The van der Waals surface area contributed by atoms with Crippen molar-refractivity contribution >= 4 is 39.6 Å². The van der Waals surface area contributed by atoms with Crippen LogP contribution in [0.5, 0.6) is 0 Å². The van der Waals surface area contributed by atoms with E-state index in [0.717, 1.165) is 33.9 Å². The molecule has 0 bridgehead atoms. The Kier molecular flexibility index (Phi) is 6.96. The predicted octanol–water partition coefficient (Wildman–Crippen LogP) is 8.61. The van der Waals surface area contributed by atoms with E-state index < -0.39 is 8.07 Å². The van der Waals surface area contributed by atoms with Gasteiger partial charge in [0.2, 0.25) is 0 Å². The second-order valence-electron chi connectivity index (χ2n) is 13.2. The summed E-state index contributed by atoms with van der Waals surface area (Å²) in [6, 6.07) is 62.2. The molecule has 232 valence electrons. The summed E-state index contributed by atoms with van der Waals surface area (Å²) >= 11 is 0. The molecule has 0 N–H and O–H groups in total. The van der Waals surface area contributed by atoms with E-state index in [9.17, 15) is 0 Å². The van der Waals surface area contributed by atoms with E-state index in [-0.39, 0.29) is 0 Å². The Bertz CT molecular complexity index is 2460. The standard InChI is InChI=1S/C46H34N2Si/c1-31-16-23-38(24-17-31)49(39-25-18-32(2)19-26-39)44-15-9-8-14-40(44)41-29-36(22-27-45(41)49)43-30-42(34-11-4-3-5-12-34)47-46(48-43)37-21-20-33-10-6-7-13-35(33)28-37/h3-30H,1-2H3. The maximum Gasteiger partial charge on any atom is 0.180 e.